The Bertz CT molecular complexity index is 1460. The largest absolute Gasteiger partial charge is 0.497 e. The lowest BCUT2D eigenvalue weighted by Gasteiger charge is -2.13. The number of nitrogens with zero attached hydrogens (tertiary/aromatic N) is 2. The molecule has 0 aliphatic carbocycles. The number of benzene rings is 3. The van der Waals surface area contributed by atoms with Crippen molar-refractivity contribution >= 4 is 15.8 Å². The Morgan fingerprint density at radius 3 is 2.21 bits per heavy atom. The molecule has 0 radical (unpaired) electrons. The fourth-order valence-corrected chi connectivity index (χ4v) is 5.23. The maximum absolute atomic E-state index is 13.6. The molecule has 0 unspecified atom stereocenters. The summed E-state index contributed by atoms with van der Waals surface area (Å²) < 4.78 is 39.5. The predicted molar refractivity (Wildman–Crippen MR) is 128 cm³/mol. The number of carbonyl (C=O) groups excluding carboxylic acids is 1. The number of hydrogen-bond acceptors (Lipinski definition) is 6. The molecule has 3 aromatic carbocycles. The molecule has 174 valence electrons. The van der Waals surface area contributed by atoms with Crippen molar-refractivity contribution in [2.75, 3.05) is 7.11 Å². The zero-order chi connectivity index (χ0) is 24.5. The summed E-state index contributed by atoms with van der Waals surface area (Å²) in [6.07, 6.45) is 0. The van der Waals surface area contributed by atoms with Crippen LogP contribution in [0.3, 0.4) is 0 Å². The van der Waals surface area contributed by atoms with E-state index in [-0.39, 0.29) is 26.9 Å². The normalized spacial score (nSPS) is 11.3. The molecule has 0 spiro atoms. The number of hydrogen-bond donors (Lipinski definition) is 0. The topological polar surface area (TPSA) is 87.5 Å². The molecule has 7 nitrogen and oxygen atoms in total. The van der Waals surface area contributed by atoms with E-state index in [4.69, 9.17) is 9.47 Å². The van der Waals surface area contributed by atoms with Crippen molar-refractivity contribution in [3.8, 4) is 17.3 Å². The van der Waals surface area contributed by atoms with Crippen LogP contribution in [0.5, 0.6) is 11.6 Å². The van der Waals surface area contributed by atoms with Crippen LogP contribution in [0.25, 0.3) is 5.69 Å². The summed E-state index contributed by atoms with van der Waals surface area (Å²) in [7, 11) is -2.50. The summed E-state index contributed by atoms with van der Waals surface area (Å²) in [5, 5.41) is 4.48. The molecule has 0 amide bonds. The fourth-order valence-electron chi connectivity index (χ4n) is 3.69. The van der Waals surface area contributed by atoms with Crippen LogP contribution in [-0.4, -0.2) is 31.3 Å². The van der Waals surface area contributed by atoms with Gasteiger partial charge in [0, 0.05) is 0 Å². The van der Waals surface area contributed by atoms with Gasteiger partial charge in [-0.1, -0.05) is 35.9 Å². The highest BCUT2D eigenvalue weighted by Crippen LogP contribution is 2.35. The summed E-state index contributed by atoms with van der Waals surface area (Å²) in [4.78, 5) is 13.0. The molecule has 4 rings (SSSR count). The van der Waals surface area contributed by atoms with Crippen molar-refractivity contribution in [2.24, 2.45) is 0 Å². The standard InChI is InChI=1S/C26H24N2O5S/c1-17-10-15-23(18(2)16-17)28-25(33-26(29)20-11-13-21(32-4)14-12-20)24(19(3)27-28)34(30,31)22-8-6-5-7-9-22/h5-16H,1-4H3. The van der Waals surface area contributed by atoms with Crippen LogP contribution >= 0.6 is 0 Å². The minimum atomic E-state index is -4.03. The Balaban J connectivity index is 1.90. The van der Waals surface area contributed by atoms with Crippen LogP contribution in [0.2, 0.25) is 0 Å². The molecular formula is C26H24N2O5S. The quantitative estimate of drug-likeness (QED) is 0.370. The van der Waals surface area contributed by atoms with Gasteiger partial charge in [-0.15, -0.1) is 0 Å². The molecule has 0 saturated heterocycles. The van der Waals surface area contributed by atoms with E-state index in [1.807, 2.05) is 32.0 Å². The van der Waals surface area contributed by atoms with Crippen molar-refractivity contribution < 1.29 is 22.7 Å². The molecule has 8 heteroatoms. The lowest BCUT2D eigenvalue weighted by Crippen LogP contribution is -2.15. The zero-order valence-corrected chi connectivity index (χ0v) is 20.1. The van der Waals surface area contributed by atoms with E-state index in [9.17, 15) is 13.2 Å². The number of methoxy groups -OCH3 is 1. The Hall–Kier alpha value is -3.91. The van der Waals surface area contributed by atoms with Gasteiger partial charge in [0.25, 0.3) is 0 Å². The predicted octanol–water partition coefficient (Wildman–Crippen LogP) is 4.86. The van der Waals surface area contributed by atoms with Crippen LogP contribution in [0.1, 0.15) is 27.2 Å². The molecular weight excluding hydrogens is 452 g/mol. The molecule has 34 heavy (non-hydrogen) atoms. The zero-order valence-electron chi connectivity index (χ0n) is 19.3. The van der Waals surface area contributed by atoms with Crippen LogP contribution in [0.4, 0.5) is 0 Å². The monoisotopic (exact) mass is 476 g/mol. The van der Waals surface area contributed by atoms with Crippen LogP contribution in [0, 0.1) is 20.8 Å². The van der Waals surface area contributed by atoms with Gasteiger partial charge in [0.05, 0.1) is 29.0 Å². The lowest BCUT2D eigenvalue weighted by molar-refractivity contribution is 0.0718. The lowest BCUT2D eigenvalue weighted by atomic mass is 10.1. The number of esters is 1. The van der Waals surface area contributed by atoms with Crippen LogP contribution < -0.4 is 9.47 Å². The molecule has 1 aromatic heterocycles. The van der Waals surface area contributed by atoms with E-state index in [1.165, 1.54) is 23.9 Å². The number of aryl methyl sites for hydroxylation is 3. The number of aromatic nitrogens is 2. The first-order chi connectivity index (χ1) is 16.2. The Morgan fingerprint density at radius 1 is 0.912 bits per heavy atom. The third-order valence-corrected chi connectivity index (χ3v) is 7.28. The highest BCUT2D eigenvalue weighted by molar-refractivity contribution is 7.91. The molecule has 4 aromatic rings. The van der Waals surface area contributed by atoms with Gasteiger partial charge in [0.15, 0.2) is 4.90 Å². The average Bonchev–Trinajstić information content (AvgIpc) is 3.15. The second-order valence-corrected chi connectivity index (χ2v) is 9.74. The summed E-state index contributed by atoms with van der Waals surface area (Å²) in [5.74, 6) is -0.285. The highest BCUT2D eigenvalue weighted by Gasteiger charge is 2.32. The van der Waals surface area contributed by atoms with Gasteiger partial charge in [-0.05, 0) is 68.8 Å². The SMILES string of the molecule is COc1ccc(C(=O)Oc2c(S(=O)(=O)c3ccccc3)c(C)nn2-c2ccc(C)cc2C)cc1. The van der Waals surface area contributed by atoms with E-state index in [1.54, 1.807) is 49.4 Å². The summed E-state index contributed by atoms with van der Waals surface area (Å²) >= 11 is 0. The molecule has 0 aliphatic heterocycles. The Labute approximate surface area is 198 Å². The summed E-state index contributed by atoms with van der Waals surface area (Å²) in [5.41, 5.74) is 2.98. The fraction of sp³-hybridized carbons (Fsp3) is 0.154. The van der Waals surface area contributed by atoms with Gasteiger partial charge in [-0.25, -0.2) is 13.2 Å². The number of carbonyl (C=O) groups is 1. The average molecular weight is 477 g/mol. The minimum absolute atomic E-state index is 0.0834. The first kappa shape index (κ1) is 23.3. The molecule has 0 fully saturated rings. The summed E-state index contributed by atoms with van der Waals surface area (Å²) in [6.45, 7) is 5.43. The minimum Gasteiger partial charge on any atom is -0.497 e. The Kier molecular flexibility index (Phi) is 6.26. The van der Waals surface area contributed by atoms with Crippen molar-refractivity contribution in [2.45, 2.75) is 30.6 Å². The second-order valence-electron chi connectivity index (χ2n) is 7.86. The Morgan fingerprint density at radius 2 is 1.59 bits per heavy atom. The molecule has 0 saturated carbocycles. The number of sulfone groups is 1. The van der Waals surface area contributed by atoms with Crippen molar-refractivity contribution in [1.82, 2.24) is 9.78 Å². The van der Waals surface area contributed by atoms with Crippen LogP contribution in [0.15, 0.2) is 82.6 Å². The molecule has 1 heterocycles. The first-order valence-corrected chi connectivity index (χ1v) is 12.0. The van der Waals surface area contributed by atoms with Gasteiger partial charge in [0.2, 0.25) is 15.7 Å². The van der Waals surface area contributed by atoms with Crippen molar-refractivity contribution in [1.29, 1.82) is 0 Å². The van der Waals surface area contributed by atoms with E-state index in [2.05, 4.69) is 5.10 Å². The van der Waals surface area contributed by atoms with E-state index in [0.717, 1.165) is 11.1 Å². The molecule has 0 aliphatic rings. The van der Waals surface area contributed by atoms with E-state index in [0.29, 0.717) is 11.4 Å². The smallest absolute Gasteiger partial charge is 0.344 e. The third kappa shape index (κ3) is 4.32. The van der Waals surface area contributed by atoms with Gasteiger partial charge < -0.3 is 9.47 Å². The summed E-state index contributed by atoms with van der Waals surface area (Å²) in [6, 6.07) is 20.0. The van der Waals surface area contributed by atoms with E-state index < -0.39 is 15.8 Å². The van der Waals surface area contributed by atoms with Gasteiger partial charge >= 0.3 is 5.97 Å². The highest BCUT2D eigenvalue weighted by atomic mass is 32.2. The third-order valence-electron chi connectivity index (χ3n) is 5.38. The maximum atomic E-state index is 13.6. The molecule has 0 bridgehead atoms. The maximum Gasteiger partial charge on any atom is 0.344 e. The second kappa shape index (κ2) is 9.15. The first-order valence-electron chi connectivity index (χ1n) is 10.6. The molecule has 0 atom stereocenters. The molecule has 0 N–H and O–H groups in total. The van der Waals surface area contributed by atoms with Crippen molar-refractivity contribution in [3.05, 3.63) is 95.2 Å². The van der Waals surface area contributed by atoms with Crippen LogP contribution in [-0.2, 0) is 9.84 Å². The number of ether oxygens (including phenoxy) is 2. The van der Waals surface area contributed by atoms with E-state index >= 15 is 0 Å². The van der Waals surface area contributed by atoms with Gasteiger partial charge in [-0.3, -0.25) is 0 Å². The van der Waals surface area contributed by atoms with Gasteiger partial charge in [0.1, 0.15) is 5.75 Å². The number of rotatable bonds is 6. The van der Waals surface area contributed by atoms with Gasteiger partial charge in [-0.2, -0.15) is 9.78 Å². The van der Waals surface area contributed by atoms with Crippen molar-refractivity contribution in [3.63, 3.8) is 0 Å².